The average Bonchev–Trinajstić information content (AvgIpc) is 2.78. The lowest BCUT2D eigenvalue weighted by Gasteiger charge is -2.21. The van der Waals surface area contributed by atoms with E-state index in [1.54, 1.807) is 0 Å². The summed E-state index contributed by atoms with van der Waals surface area (Å²) in [4.78, 5) is 6.47. The van der Waals surface area contributed by atoms with Crippen molar-refractivity contribution in [3.05, 3.63) is 34.8 Å². The fourth-order valence-corrected chi connectivity index (χ4v) is 2.64. The minimum Gasteiger partial charge on any atom is -0.372 e. The van der Waals surface area contributed by atoms with Crippen LogP contribution in [0.4, 0.5) is 16.5 Å². The zero-order chi connectivity index (χ0) is 13.0. The molecule has 0 aliphatic carbocycles. The maximum Gasteiger partial charge on any atom is 0.188 e. The number of halogens is 1. The number of thiazole rings is 1. The van der Waals surface area contributed by atoms with Crippen molar-refractivity contribution in [1.29, 1.82) is 0 Å². The molecule has 0 atom stereocenters. The predicted octanol–water partition coefficient (Wildman–Crippen LogP) is 4.39. The first kappa shape index (κ1) is 13.2. The van der Waals surface area contributed by atoms with Crippen LogP contribution in [0.25, 0.3) is 0 Å². The topological polar surface area (TPSA) is 28.2 Å². The molecule has 3 nitrogen and oxygen atoms in total. The Bertz CT molecular complexity index is 491. The number of hydrogen-bond donors (Lipinski definition) is 1. The summed E-state index contributed by atoms with van der Waals surface area (Å²) in [6, 6.07) is 8.35. The normalized spacial score (nSPS) is 10.4. The molecule has 0 saturated carbocycles. The molecule has 0 spiro atoms. The molecule has 96 valence electrons. The fraction of sp³-hybridized carbons (Fsp3) is 0.308. The maximum atomic E-state index is 5.78. The van der Waals surface area contributed by atoms with Gasteiger partial charge in [-0.1, -0.05) is 11.6 Å². The molecule has 0 unspecified atom stereocenters. The average molecular weight is 282 g/mol. The number of benzene rings is 1. The molecule has 5 heteroatoms. The van der Waals surface area contributed by atoms with E-state index < -0.39 is 0 Å². The van der Waals surface area contributed by atoms with E-state index in [0.717, 1.165) is 23.9 Å². The first-order valence-electron chi connectivity index (χ1n) is 5.96. The van der Waals surface area contributed by atoms with Crippen LogP contribution < -0.4 is 10.2 Å². The van der Waals surface area contributed by atoms with Crippen molar-refractivity contribution in [3.63, 3.8) is 0 Å². The zero-order valence-corrected chi connectivity index (χ0v) is 12.1. The van der Waals surface area contributed by atoms with Crippen LogP contribution in [0.5, 0.6) is 0 Å². The molecule has 0 aliphatic heterocycles. The third-order valence-corrected chi connectivity index (χ3v) is 3.80. The van der Waals surface area contributed by atoms with Gasteiger partial charge in [0, 0.05) is 29.8 Å². The van der Waals surface area contributed by atoms with E-state index >= 15 is 0 Å². The highest BCUT2D eigenvalue weighted by atomic mass is 35.5. The summed E-state index contributed by atoms with van der Waals surface area (Å²) in [5.74, 6) is 0. The molecule has 2 rings (SSSR count). The Morgan fingerprint density at radius 1 is 1.22 bits per heavy atom. The van der Waals surface area contributed by atoms with Crippen LogP contribution in [-0.4, -0.2) is 18.1 Å². The smallest absolute Gasteiger partial charge is 0.188 e. The summed E-state index contributed by atoms with van der Waals surface area (Å²) in [6.45, 7) is 6.36. The van der Waals surface area contributed by atoms with Crippen molar-refractivity contribution in [2.24, 2.45) is 0 Å². The Kier molecular flexibility index (Phi) is 4.44. The van der Waals surface area contributed by atoms with E-state index in [1.807, 2.05) is 5.38 Å². The molecule has 0 fully saturated rings. The molecule has 1 aromatic heterocycles. The van der Waals surface area contributed by atoms with Gasteiger partial charge in [-0.2, -0.15) is 0 Å². The second-order valence-electron chi connectivity index (χ2n) is 3.82. The van der Waals surface area contributed by atoms with Gasteiger partial charge in [0.1, 0.15) is 5.15 Å². The van der Waals surface area contributed by atoms with Crippen LogP contribution >= 0.6 is 22.9 Å². The third kappa shape index (κ3) is 3.15. The number of aromatic nitrogens is 1. The van der Waals surface area contributed by atoms with E-state index in [2.05, 4.69) is 53.3 Å². The summed E-state index contributed by atoms with van der Waals surface area (Å²) in [7, 11) is 0. The second-order valence-corrected chi connectivity index (χ2v) is 5.06. The molecule has 2 aromatic rings. The monoisotopic (exact) mass is 281 g/mol. The van der Waals surface area contributed by atoms with Crippen molar-refractivity contribution in [2.75, 3.05) is 23.3 Å². The summed E-state index contributed by atoms with van der Waals surface area (Å²) >= 11 is 7.28. The molecular formula is C13H16ClN3S. The summed E-state index contributed by atoms with van der Waals surface area (Å²) in [5, 5.41) is 6.39. The summed E-state index contributed by atoms with van der Waals surface area (Å²) in [6.07, 6.45) is 0. The van der Waals surface area contributed by atoms with Crippen molar-refractivity contribution in [2.45, 2.75) is 13.8 Å². The van der Waals surface area contributed by atoms with Crippen LogP contribution in [0.2, 0.25) is 5.15 Å². The van der Waals surface area contributed by atoms with Crippen molar-refractivity contribution in [1.82, 2.24) is 4.98 Å². The Balaban J connectivity index is 2.07. The Morgan fingerprint density at radius 2 is 1.89 bits per heavy atom. The largest absolute Gasteiger partial charge is 0.372 e. The summed E-state index contributed by atoms with van der Waals surface area (Å²) in [5.41, 5.74) is 2.26. The van der Waals surface area contributed by atoms with Crippen LogP contribution in [0.1, 0.15) is 13.8 Å². The van der Waals surface area contributed by atoms with Crippen LogP contribution in [0.3, 0.4) is 0 Å². The summed E-state index contributed by atoms with van der Waals surface area (Å²) < 4.78 is 0. The van der Waals surface area contributed by atoms with Crippen molar-refractivity contribution >= 4 is 39.4 Å². The molecule has 0 bridgehead atoms. The highest BCUT2D eigenvalue weighted by Crippen LogP contribution is 2.24. The standard InChI is InChI=1S/C13H16ClN3S/c1-3-17(4-2)11-7-5-10(6-8-11)15-13-16-12(14)9-18-13/h5-9H,3-4H2,1-2H3,(H,15,16). The van der Waals surface area contributed by atoms with Crippen LogP contribution in [0, 0.1) is 0 Å². The lowest BCUT2D eigenvalue weighted by atomic mass is 10.2. The van der Waals surface area contributed by atoms with Gasteiger partial charge in [-0.25, -0.2) is 4.98 Å². The SMILES string of the molecule is CCN(CC)c1ccc(Nc2nc(Cl)cs2)cc1. The lowest BCUT2D eigenvalue weighted by molar-refractivity contribution is 0.866. The van der Waals surface area contributed by atoms with E-state index in [1.165, 1.54) is 17.0 Å². The van der Waals surface area contributed by atoms with Gasteiger partial charge in [0.2, 0.25) is 0 Å². The molecule has 0 saturated heterocycles. The molecular weight excluding hydrogens is 266 g/mol. The Hall–Kier alpha value is -1.26. The Morgan fingerprint density at radius 3 is 2.39 bits per heavy atom. The molecule has 1 heterocycles. The fourth-order valence-electron chi connectivity index (χ4n) is 1.78. The minimum atomic E-state index is 0.530. The molecule has 0 radical (unpaired) electrons. The highest BCUT2D eigenvalue weighted by molar-refractivity contribution is 7.14. The van der Waals surface area contributed by atoms with Gasteiger partial charge >= 0.3 is 0 Å². The minimum absolute atomic E-state index is 0.530. The van der Waals surface area contributed by atoms with Gasteiger partial charge < -0.3 is 10.2 Å². The quantitative estimate of drug-likeness (QED) is 0.881. The van der Waals surface area contributed by atoms with Gasteiger partial charge in [0.25, 0.3) is 0 Å². The number of anilines is 3. The number of nitrogens with zero attached hydrogens (tertiary/aromatic N) is 2. The van der Waals surface area contributed by atoms with E-state index in [9.17, 15) is 0 Å². The first-order valence-corrected chi connectivity index (χ1v) is 7.21. The lowest BCUT2D eigenvalue weighted by Crippen LogP contribution is -2.21. The van der Waals surface area contributed by atoms with Gasteiger partial charge in [-0.3, -0.25) is 0 Å². The van der Waals surface area contributed by atoms with Gasteiger partial charge in [0.05, 0.1) is 0 Å². The van der Waals surface area contributed by atoms with Crippen molar-refractivity contribution in [3.8, 4) is 0 Å². The number of nitrogens with one attached hydrogen (secondary N) is 1. The van der Waals surface area contributed by atoms with E-state index in [4.69, 9.17) is 11.6 Å². The van der Waals surface area contributed by atoms with Gasteiger partial charge in [0.15, 0.2) is 5.13 Å². The molecule has 18 heavy (non-hydrogen) atoms. The third-order valence-electron chi connectivity index (χ3n) is 2.72. The molecule has 1 N–H and O–H groups in total. The molecule has 0 aliphatic rings. The van der Waals surface area contributed by atoms with Gasteiger partial charge in [-0.15, -0.1) is 11.3 Å². The molecule has 1 aromatic carbocycles. The number of rotatable bonds is 5. The maximum absolute atomic E-state index is 5.78. The van der Waals surface area contributed by atoms with E-state index in [-0.39, 0.29) is 0 Å². The zero-order valence-electron chi connectivity index (χ0n) is 10.5. The molecule has 0 amide bonds. The first-order chi connectivity index (χ1) is 8.72. The van der Waals surface area contributed by atoms with Crippen LogP contribution in [-0.2, 0) is 0 Å². The van der Waals surface area contributed by atoms with Crippen molar-refractivity contribution < 1.29 is 0 Å². The highest BCUT2D eigenvalue weighted by Gasteiger charge is 2.03. The van der Waals surface area contributed by atoms with Gasteiger partial charge in [-0.05, 0) is 38.1 Å². The Labute approximate surface area is 116 Å². The predicted molar refractivity (Wildman–Crippen MR) is 80.4 cm³/mol. The second kappa shape index (κ2) is 6.07. The number of hydrogen-bond acceptors (Lipinski definition) is 4. The van der Waals surface area contributed by atoms with E-state index in [0.29, 0.717) is 5.15 Å². The van der Waals surface area contributed by atoms with Crippen LogP contribution in [0.15, 0.2) is 29.6 Å².